The van der Waals surface area contributed by atoms with Gasteiger partial charge in [-0.3, -0.25) is 14.5 Å². The van der Waals surface area contributed by atoms with E-state index in [0.29, 0.717) is 12.8 Å². The Morgan fingerprint density at radius 3 is 1.73 bits per heavy atom. The zero-order valence-electron chi connectivity index (χ0n) is 20.0. The smallest absolute Gasteiger partial charge is 0.305 e. The average Bonchev–Trinajstić information content (AvgIpc) is 2.87. The van der Waals surface area contributed by atoms with Crippen molar-refractivity contribution >= 4 is 11.9 Å². The summed E-state index contributed by atoms with van der Waals surface area (Å²) < 4.78 is 4.66. The molecule has 1 aliphatic heterocycles. The second kappa shape index (κ2) is 13.8. The first-order valence-corrected chi connectivity index (χ1v) is 12.4. The lowest BCUT2D eigenvalue weighted by Crippen LogP contribution is -2.49. The van der Waals surface area contributed by atoms with Gasteiger partial charge in [-0.15, -0.1) is 0 Å². The van der Waals surface area contributed by atoms with Gasteiger partial charge in [0.2, 0.25) is 5.91 Å². The number of methoxy groups -OCH3 is 1. The quantitative estimate of drug-likeness (QED) is 0.329. The first-order chi connectivity index (χ1) is 16.2. The molecule has 0 saturated carbocycles. The number of carbonyl (C=O) groups is 2. The van der Waals surface area contributed by atoms with Crippen molar-refractivity contribution in [3.63, 3.8) is 0 Å². The van der Waals surface area contributed by atoms with E-state index in [4.69, 9.17) is 0 Å². The van der Waals surface area contributed by atoms with Crippen molar-refractivity contribution in [1.29, 1.82) is 0 Å². The monoisotopic (exact) mass is 450 g/mol. The second-order valence-corrected chi connectivity index (χ2v) is 8.84. The number of hydrogen-bond acceptors (Lipinski definition) is 4. The summed E-state index contributed by atoms with van der Waals surface area (Å²) in [6.07, 6.45) is 7.36. The van der Waals surface area contributed by atoms with Crippen LogP contribution in [0.25, 0.3) is 0 Å². The fraction of sp³-hybridized carbons (Fsp3) is 0.500. The van der Waals surface area contributed by atoms with Gasteiger partial charge in [0.15, 0.2) is 0 Å². The molecular weight excluding hydrogens is 412 g/mol. The molecule has 0 unspecified atom stereocenters. The van der Waals surface area contributed by atoms with Crippen molar-refractivity contribution in [2.45, 2.75) is 57.4 Å². The molecule has 0 aliphatic carbocycles. The van der Waals surface area contributed by atoms with E-state index in [1.165, 1.54) is 18.2 Å². The average molecular weight is 451 g/mol. The number of nitrogens with zero attached hydrogens (tertiary/aromatic N) is 2. The van der Waals surface area contributed by atoms with Gasteiger partial charge in [0, 0.05) is 39.0 Å². The molecule has 5 heteroatoms. The van der Waals surface area contributed by atoms with Crippen LogP contribution < -0.4 is 0 Å². The van der Waals surface area contributed by atoms with Crippen LogP contribution in [0.5, 0.6) is 0 Å². The molecule has 1 aliphatic rings. The van der Waals surface area contributed by atoms with Crippen LogP contribution in [0.1, 0.15) is 68.5 Å². The minimum absolute atomic E-state index is 0.125. The third-order valence-corrected chi connectivity index (χ3v) is 6.51. The molecule has 0 bridgehead atoms. The van der Waals surface area contributed by atoms with Gasteiger partial charge in [-0.05, 0) is 24.0 Å². The van der Waals surface area contributed by atoms with Gasteiger partial charge in [-0.25, -0.2) is 0 Å². The summed E-state index contributed by atoms with van der Waals surface area (Å²) in [6.45, 7) is 3.37. The van der Waals surface area contributed by atoms with Crippen molar-refractivity contribution in [2.24, 2.45) is 0 Å². The number of amides is 1. The molecule has 0 aromatic heterocycles. The summed E-state index contributed by atoms with van der Waals surface area (Å²) in [5.41, 5.74) is 2.60. The fourth-order valence-corrected chi connectivity index (χ4v) is 4.63. The van der Waals surface area contributed by atoms with Crippen molar-refractivity contribution < 1.29 is 14.3 Å². The van der Waals surface area contributed by atoms with Crippen molar-refractivity contribution in [3.05, 3.63) is 71.8 Å². The summed E-state index contributed by atoms with van der Waals surface area (Å²) in [7, 11) is 1.43. The van der Waals surface area contributed by atoms with Crippen LogP contribution in [0.15, 0.2) is 60.7 Å². The molecule has 33 heavy (non-hydrogen) atoms. The number of rotatable bonds is 12. The molecule has 2 aromatic carbocycles. The molecule has 0 radical (unpaired) electrons. The number of carbonyl (C=O) groups excluding carboxylic acids is 2. The molecule has 178 valence electrons. The Morgan fingerprint density at radius 2 is 1.21 bits per heavy atom. The Bertz CT molecular complexity index is 793. The highest BCUT2D eigenvalue weighted by atomic mass is 16.5. The van der Waals surface area contributed by atoms with E-state index in [2.05, 4.69) is 70.3 Å². The normalized spacial score (nSPS) is 14.4. The van der Waals surface area contributed by atoms with E-state index in [-0.39, 0.29) is 17.9 Å². The van der Waals surface area contributed by atoms with E-state index in [0.717, 1.165) is 64.7 Å². The fourth-order valence-electron chi connectivity index (χ4n) is 4.63. The SMILES string of the molecule is COC(=O)CCCCCCCCC(=O)N1CCN(C(c2ccccc2)c2ccccc2)CC1. The lowest BCUT2D eigenvalue weighted by Gasteiger charge is -2.40. The maximum Gasteiger partial charge on any atom is 0.305 e. The van der Waals surface area contributed by atoms with Gasteiger partial charge in [-0.2, -0.15) is 0 Å². The van der Waals surface area contributed by atoms with Crippen LogP contribution in [-0.2, 0) is 14.3 Å². The number of benzene rings is 2. The largest absolute Gasteiger partial charge is 0.469 e. The van der Waals surface area contributed by atoms with Crippen LogP contribution in [0.2, 0.25) is 0 Å². The maximum atomic E-state index is 12.7. The molecule has 1 heterocycles. The van der Waals surface area contributed by atoms with Crippen molar-refractivity contribution in [3.8, 4) is 0 Å². The van der Waals surface area contributed by atoms with Gasteiger partial charge < -0.3 is 9.64 Å². The Kier molecular flexibility index (Phi) is 10.4. The number of hydrogen-bond donors (Lipinski definition) is 0. The van der Waals surface area contributed by atoms with Gasteiger partial charge in [0.05, 0.1) is 13.2 Å². The molecule has 5 nitrogen and oxygen atoms in total. The zero-order valence-corrected chi connectivity index (χ0v) is 20.0. The predicted molar refractivity (Wildman–Crippen MR) is 132 cm³/mol. The third kappa shape index (κ3) is 8.01. The van der Waals surface area contributed by atoms with E-state index in [9.17, 15) is 9.59 Å². The second-order valence-electron chi connectivity index (χ2n) is 8.84. The minimum Gasteiger partial charge on any atom is -0.469 e. The summed E-state index contributed by atoms with van der Waals surface area (Å²) >= 11 is 0. The molecule has 3 rings (SSSR count). The summed E-state index contributed by atoms with van der Waals surface area (Å²) in [6, 6.07) is 21.5. The number of unbranched alkanes of at least 4 members (excludes halogenated alkanes) is 5. The zero-order chi connectivity index (χ0) is 23.3. The van der Waals surface area contributed by atoms with E-state index >= 15 is 0 Å². The van der Waals surface area contributed by atoms with E-state index < -0.39 is 0 Å². The number of esters is 1. The highest BCUT2D eigenvalue weighted by Crippen LogP contribution is 2.29. The van der Waals surface area contributed by atoms with Crippen LogP contribution in [0, 0.1) is 0 Å². The van der Waals surface area contributed by atoms with Crippen molar-refractivity contribution in [1.82, 2.24) is 9.80 Å². The third-order valence-electron chi connectivity index (χ3n) is 6.51. The summed E-state index contributed by atoms with van der Waals surface area (Å²) in [5.74, 6) is 0.163. The lowest BCUT2D eigenvalue weighted by molar-refractivity contribution is -0.140. The summed E-state index contributed by atoms with van der Waals surface area (Å²) in [4.78, 5) is 28.4. The van der Waals surface area contributed by atoms with Gasteiger partial charge in [-0.1, -0.05) is 86.3 Å². The Hall–Kier alpha value is -2.66. The predicted octanol–water partition coefficient (Wildman–Crippen LogP) is 5.21. The molecule has 1 amide bonds. The standard InChI is InChI=1S/C28H38N2O3/c1-33-27(32)19-13-5-3-2-4-12-18-26(31)29-20-22-30(23-21-29)28(24-14-8-6-9-15-24)25-16-10-7-11-17-25/h6-11,14-17,28H,2-5,12-13,18-23H2,1H3. The topological polar surface area (TPSA) is 49.9 Å². The van der Waals surface area contributed by atoms with Crippen LogP contribution in [-0.4, -0.2) is 55.0 Å². The first-order valence-electron chi connectivity index (χ1n) is 12.4. The highest BCUT2D eigenvalue weighted by molar-refractivity contribution is 5.76. The lowest BCUT2D eigenvalue weighted by atomic mass is 9.96. The van der Waals surface area contributed by atoms with Gasteiger partial charge in [0.25, 0.3) is 0 Å². The Balaban J connectivity index is 1.39. The molecule has 0 atom stereocenters. The number of ether oxygens (including phenoxy) is 1. The minimum atomic E-state index is -0.125. The van der Waals surface area contributed by atoms with E-state index in [1.807, 2.05) is 4.90 Å². The van der Waals surface area contributed by atoms with Crippen molar-refractivity contribution in [2.75, 3.05) is 33.3 Å². The Morgan fingerprint density at radius 1 is 0.727 bits per heavy atom. The summed E-state index contributed by atoms with van der Waals surface area (Å²) in [5, 5.41) is 0. The number of piperazine rings is 1. The van der Waals surface area contributed by atoms with Gasteiger partial charge in [0.1, 0.15) is 0 Å². The molecule has 0 spiro atoms. The molecule has 1 fully saturated rings. The molecule has 1 saturated heterocycles. The van der Waals surface area contributed by atoms with E-state index in [1.54, 1.807) is 0 Å². The van der Waals surface area contributed by atoms with Crippen LogP contribution >= 0.6 is 0 Å². The first kappa shape index (κ1) is 25.0. The molecule has 0 N–H and O–H groups in total. The highest BCUT2D eigenvalue weighted by Gasteiger charge is 2.27. The van der Waals surface area contributed by atoms with Crippen LogP contribution in [0.3, 0.4) is 0 Å². The maximum absolute atomic E-state index is 12.7. The van der Waals surface area contributed by atoms with Gasteiger partial charge >= 0.3 is 5.97 Å². The molecular formula is C28H38N2O3. The molecule has 2 aromatic rings. The Labute approximate surface area is 198 Å². The van der Waals surface area contributed by atoms with Crippen LogP contribution in [0.4, 0.5) is 0 Å².